The number of hydrogen-bond acceptors (Lipinski definition) is 0. The molecule has 0 aromatic heterocycles. The van der Waals surface area contributed by atoms with Gasteiger partial charge >= 0.3 is 198 Å². The van der Waals surface area contributed by atoms with Crippen LogP contribution in [0.4, 0.5) is 0 Å². The average Bonchev–Trinajstić information content (AvgIpc) is 4.23. The van der Waals surface area contributed by atoms with Crippen LogP contribution in [0.25, 0.3) is 43.1 Å². The van der Waals surface area contributed by atoms with Crippen LogP contribution in [0.3, 0.4) is 0 Å². The first-order valence-electron chi connectivity index (χ1n) is 22.4. The van der Waals surface area contributed by atoms with Gasteiger partial charge in [0.2, 0.25) is 0 Å². The Balaban J connectivity index is 0.000000155. The first kappa shape index (κ1) is 53.5. The van der Waals surface area contributed by atoms with Crippen LogP contribution < -0.4 is 24.8 Å². The van der Waals surface area contributed by atoms with E-state index in [0.29, 0.717) is 0 Å². The summed E-state index contributed by atoms with van der Waals surface area (Å²) in [7, 11) is 0. The zero-order valence-electron chi connectivity index (χ0n) is 38.4. The van der Waals surface area contributed by atoms with Crippen LogP contribution in [0.15, 0.2) is 266 Å². The fourth-order valence-corrected chi connectivity index (χ4v) is 9.23. The molecule has 0 spiro atoms. The summed E-state index contributed by atoms with van der Waals surface area (Å²) in [4.78, 5) is 0. The predicted octanol–water partition coefficient (Wildman–Crippen LogP) is 10.4. The molecular formula is C64H52Cl2Zr2-2. The molecule has 4 heteroatoms. The van der Waals surface area contributed by atoms with Gasteiger partial charge in [-0.2, -0.15) is 12.2 Å². The van der Waals surface area contributed by atoms with E-state index in [4.69, 9.17) is 0 Å². The Labute approximate surface area is 445 Å². The maximum absolute atomic E-state index is 3.12. The molecule has 0 fully saturated rings. The van der Waals surface area contributed by atoms with Crippen LogP contribution in [-0.4, -0.2) is 6.41 Å². The Morgan fingerprint density at radius 1 is 0.338 bits per heavy atom. The molecule has 0 heterocycles. The standard InChI is InChI=1S/2C13H9.2C13H10.2C6H7.2ClH.2Zr/c2*1-3-7-12-10(5-1)9-11-6-2-4-8-13(11)12;2*1-3-7-12(8-4-1)11-13-9-5-2-6-10-13;2*1-6-4-2-3-5-6;;;;/h2*1-9H;2*1-10H;2*2,4H,3H2,1H3;2*1H;;/q2*-1;;;2*-1;;;2*+2/p-2. The second-order valence-corrected chi connectivity index (χ2v) is 18.2. The van der Waals surface area contributed by atoms with Gasteiger partial charge in [-0.3, -0.25) is 12.2 Å². The molecule has 0 saturated carbocycles. The van der Waals surface area contributed by atoms with Crippen LogP contribution in [0, 0.1) is 12.2 Å². The molecule has 0 bridgehead atoms. The SMILES string of the molecule is CC1=[C-]CC=C1.CC1=[C-]CC=C1.[Cl-].[Cl-].[Zr+2]=[C](c1ccccc1)c1ccccc1.[Zr+2]=[C](c1ccccc1)c1ccccc1.c1ccc2c(c1)[cH-]c1ccccc12.c1ccc2c(c1)[cH-]c1ccccc12. The fourth-order valence-electron chi connectivity index (χ4n) is 7.59. The van der Waals surface area contributed by atoms with Crippen molar-refractivity contribution in [2.75, 3.05) is 0 Å². The van der Waals surface area contributed by atoms with E-state index in [-0.39, 0.29) is 24.8 Å². The van der Waals surface area contributed by atoms with Crippen LogP contribution in [0.1, 0.15) is 48.9 Å². The smallest absolute Gasteiger partial charge is 0.0771 e. The van der Waals surface area contributed by atoms with Gasteiger partial charge in [0.25, 0.3) is 0 Å². The minimum atomic E-state index is 0. The number of fused-ring (bicyclic) bond motifs is 6. The molecule has 0 atom stereocenters. The molecule has 10 aromatic carbocycles. The van der Waals surface area contributed by atoms with Crippen molar-refractivity contribution in [2.45, 2.75) is 26.7 Å². The molecule has 0 saturated heterocycles. The summed E-state index contributed by atoms with van der Waals surface area (Å²) >= 11 is 2.92. The number of hydrogen-bond donors (Lipinski definition) is 0. The fraction of sp³-hybridized carbons (Fsp3) is 0.0625. The van der Waals surface area contributed by atoms with Gasteiger partial charge < -0.3 is 24.8 Å². The Morgan fingerprint density at radius 3 is 0.750 bits per heavy atom. The Kier molecular flexibility index (Phi) is 22.6. The van der Waals surface area contributed by atoms with E-state index in [1.54, 1.807) is 0 Å². The van der Waals surface area contributed by atoms with Gasteiger partial charge in [-0.1, -0.05) is 86.6 Å². The van der Waals surface area contributed by atoms with E-state index in [2.05, 4.69) is 281 Å². The summed E-state index contributed by atoms with van der Waals surface area (Å²) in [6.07, 6.45) is 16.7. The van der Waals surface area contributed by atoms with Crippen molar-refractivity contribution in [3.8, 4) is 0 Å². The van der Waals surface area contributed by atoms with Gasteiger partial charge in [0, 0.05) is 0 Å². The third kappa shape index (κ3) is 15.8. The molecule has 2 aliphatic carbocycles. The molecule has 68 heavy (non-hydrogen) atoms. The molecule has 0 unspecified atom stereocenters. The zero-order valence-corrected chi connectivity index (χ0v) is 44.8. The van der Waals surface area contributed by atoms with E-state index < -0.39 is 0 Å². The summed E-state index contributed by atoms with van der Waals surface area (Å²) in [5.74, 6) is 0. The van der Waals surface area contributed by atoms with Gasteiger partial charge in [-0.05, 0) is 0 Å². The van der Waals surface area contributed by atoms with E-state index >= 15 is 0 Å². The van der Waals surface area contributed by atoms with E-state index in [1.165, 1.54) is 131 Å². The van der Waals surface area contributed by atoms with Crippen LogP contribution in [-0.2, 0) is 48.5 Å². The molecule has 0 radical (unpaired) electrons. The van der Waals surface area contributed by atoms with Crippen LogP contribution >= 0.6 is 0 Å². The van der Waals surface area contributed by atoms with Crippen molar-refractivity contribution in [1.82, 2.24) is 0 Å². The maximum atomic E-state index is 3.12. The molecule has 0 nitrogen and oxygen atoms in total. The summed E-state index contributed by atoms with van der Waals surface area (Å²) in [5, 5.41) is 10.8. The number of rotatable bonds is 4. The first-order chi connectivity index (χ1) is 32.4. The quantitative estimate of drug-likeness (QED) is 0.154. The minimum Gasteiger partial charge on any atom is -0.126 e. The van der Waals surface area contributed by atoms with Crippen molar-refractivity contribution in [2.24, 2.45) is 0 Å². The summed E-state index contributed by atoms with van der Waals surface area (Å²) in [6.45, 7) is 4.12. The monoisotopic (exact) mass is 1070 g/mol. The number of allylic oxidation sites excluding steroid dienone is 8. The first-order valence-corrected chi connectivity index (χ1v) is 24.8. The molecule has 0 amide bonds. The van der Waals surface area contributed by atoms with E-state index in [9.17, 15) is 0 Å². The maximum Gasteiger partial charge on any atom is -0.0771 e. The van der Waals surface area contributed by atoms with Gasteiger partial charge in [-0.25, -0.2) is 23.3 Å². The Hall–Kier alpha value is -5.45. The van der Waals surface area contributed by atoms with Gasteiger partial charge in [0.05, 0.1) is 0 Å². The summed E-state index contributed by atoms with van der Waals surface area (Å²) in [6, 6.07) is 80.8. The Bertz CT molecular complexity index is 2820. The van der Waals surface area contributed by atoms with E-state index in [0.717, 1.165) is 12.8 Å². The van der Waals surface area contributed by atoms with Gasteiger partial charge in [0.1, 0.15) is 0 Å². The van der Waals surface area contributed by atoms with E-state index in [1.807, 2.05) is 0 Å². The molecule has 12 rings (SSSR count). The Morgan fingerprint density at radius 2 is 0.559 bits per heavy atom. The molecular weight excluding hydrogens is 1020 g/mol. The summed E-state index contributed by atoms with van der Waals surface area (Å²) in [5.41, 5.74) is 7.87. The summed E-state index contributed by atoms with van der Waals surface area (Å²) < 4.78 is 2.83. The minimum absolute atomic E-state index is 0. The van der Waals surface area contributed by atoms with Crippen molar-refractivity contribution < 1.29 is 73.3 Å². The molecule has 332 valence electrons. The second kappa shape index (κ2) is 28.8. The largest absolute Gasteiger partial charge is 0.126 e. The van der Waals surface area contributed by atoms with Crippen LogP contribution in [0.2, 0.25) is 0 Å². The van der Waals surface area contributed by atoms with Crippen molar-refractivity contribution in [3.63, 3.8) is 0 Å². The predicted molar refractivity (Wildman–Crippen MR) is 279 cm³/mol. The van der Waals surface area contributed by atoms with Gasteiger partial charge in [-0.15, -0.1) is 92.3 Å². The number of halogens is 2. The third-order valence-corrected chi connectivity index (χ3v) is 13.9. The number of benzene rings is 8. The topological polar surface area (TPSA) is 0 Å². The van der Waals surface area contributed by atoms with Crippen LogP contribution in [0.5, 0.6) is 0 Å². The molecule has 0 N–H and O–H groups in total. The van der Waals surface area contributed by atoms with Crippen molar-refractivity contribution >= 4 is 49.5 Å². The molecule has 10 aromatic rings. The second-order valence-electron chi connectivity index (χ2n) is 15.8. The van der Waals surface area contributed by atoms with Crippen molar-refractivity contribution in [1.29, 1.82) is 0 Å². The average molecular weight is 1070 g/mol. The normalized spacial score (nSPS) is 11.6. The van der Waals surface area contributed by atoms with Gasteiger partial charge in [0.15, 0.2) is 0 Å². The third-order valence-electron chi connectivity index (χ3n) is 11.0. The molecule has 2 aliphatic rings. The molecule has 0 aliphatic heterocycles. The zero-order chi connectivity index (χ0) is 45.8. The van der Waals surface area contributed by atoms with Crippen molar-refractivity contribution in [3.05, 3.63) is 300 Å².